The second-order valence-electron chi connectivity index (χ2n) is 7.90. The first-order valence-corrected chi connectivity index (χ1v) is 10.8. The lowest BCUT2D eigenvalue weighted by atomic mass is 10.1. The number of rotatable bonds is 6. The number of nitrogens with zero attached hydrogens (tertiary/aromatic N) is 2. The van der Waals surface area contributed by atoms with E-state index in [-0.39, 0.29) is 45.8 Å². The number of benzene rings is 3. The van der Waals surface area contributed by atoms with E-state index in [2.05, 4.69) is 0 Å². The third kappa shape index (κ3) is 4.48. The molecule has 8 nitrogen and oxygen atoms in total. The quantitative estimate of drug-likeness (QED) is 0.425. The third-order valence-electron chi connectivity index (χ3n) is 5.63. The fraction of sp³-hybridized carbons (Fsp3) is 0.115. The zero-order chi connectivity index (χ0) is 26.1. The number of primary amides is 1. The van der Waals surface area contributed by atoms with Gasteiger partial charge in [0, 0.05) is 47.6 Å². The maximum atomic E-state index is 13.9. The Morgan fingerprint density at radius 2 is 1.75 bits per heavy atom. The molecule has 0 fully saturated rings. The number of phenolic OH excluding ortho intramolecular Hbond substituents is 1. The van der Waals surface area contributed by atoms with Crippen molar-refractivity contribution in [3.8, 4) is 17.2 Å². The zero-order valence-corrected chi connectivity index (χ0v) is 19.3. The van der Waals surface area contributed by atoms with Gasteiger partial charge in [0.2, 0.25) is 11.3 Å². The Hall–Kier alpha value is -4.73. The molecule has 184 valence electrons. The molecule has 36 heavy (non-hydrogen) atoms. The second kappa shape index (κ2) is 9.49. The summed E-state index contributed by atoms with van der Waals surface area (Å²) in [7, 11) is 1.39. The summed E-state index contributed by atoms with van der Waals surface area (Å²) in [6, 6.07) is 11.0. The third-order valence-corrected chi connectivity index (χ3v) is 5.63. The van der Waals surface area contributed by atoms with E-state index in [1.807, 2.05) is 0 Å². The van der Waals surface area contributed by atoms with Crippen molar-refractivity contribution in [2.75, 3.05) is 18.6 Å². The monoisotopic (exact) mass is 493 g/mol. The summed E-state index contributed by atoms with van der Waals surface area (Å²) >= 11 is 0. The summed E-state index contributed by atoms with van der Waals surface area (Å²) < 4.78 is 34.4. The highest BCUT2D eigenvalue weighted by molar-refractivity contribution is 6.07. The molecule has 0 aliphatic heterocycles. The van der Waals surface area contributed by atoms with Crippen LogP contribution in [0.5, 0.6) is 11.5 Å². The van der Waals surface area contributed by atoms with Crippen molar-refractivity contribution < 1.29 is 28.2 Å². The number of aromatic nitrogens is 1. The van der Waals surface area contributed by atoms with Crippen molar-refractivity contribution in [1.82, 2.24) is 4.57 Å². The predicted octanol–water partition coefficient (Wildman–Crippen LogP) is 3.75. The van der Waals surface area contributed by atoms with E-state index in [1.54, 1.807) is 13.0 Å². The number of hydrogen-bond acceptors (Lipinski definition) is 5. The summed E-state index contributed by atoms with van der Waals surface area (Å²) in [5.41, 5.74) is 5.09. The minimum atomic E-state index is -0.877. The number of aromatic hydroxyl groups is 1. The first-order valence-electron chi connectivity index (χ1n) is 10.8. The molecule has 1 heterocycles. The highest BCUT2D eigenvalue weighted by atomic mass is 19.1. The maximum Gasteiger partial charge on any atom is 0.263 e. The number of carbonyl (C=O) groups is 2. The van der Waals surface area contributed by atoms with Gasteiger partial charge in [0.1, 0.15) is 28.7 Å². The fourth-order valence-electron chi connectivity index (χ4n) is 3.95. The number of amides is 2. The number of halogens is 2. The number of nitrogens with two attached hydrogens (primary N) is 1. The molecular weight excluding hydrogens is 472 g/mol. The summed E-state index contributed by atoms with van der Waals surface area (Å²) in [4.78, 5) is 39.8. The minimum absolute atomic E-state index is 0.0137. The Morgan fingerprint density at radius 3 is 2.36 bits per heavy atom. The van der Waals surface area contributed by atoms with Gasteiger partial charge < -0.3 is 25.0 Å². The van der Waals surface area contributed by atoms with Crippen LogP contribution in [-0.2, 0) is 0 Å². The highest BCUT2D eigenvalue weighted by Crippen LogP contribution is 2.27. The first kappa shape index (κ1) is 24.4. The molecule has 0 unspecified atom stereocenters. The standard InChI is InChI=1S/C26H21F2N3O5/c1-3-30(18-9-15(27)8-16(28)10-18)26(35)22-13-31(23-12-19(32)4-5-21(23)24(22)33)17-6-14(25(29)34)7-20(11-17)36-2/h4-13,32H,3H2,1-2H3,(H2,29,34). The van der Waals surface area contributed by atoms with Crippen LogP contribution < -0.4 is 20.8 Å². The van der Waals surface area contributed by atoms with Crippen LogP contribution in [0, 0.1) is 11.6 Å². The van der Waals surface area contributed by atoms with E-state index in [9.17, 15) is 28.3 Å². The summed E-state index contributed by atoms with van der Waals surface area (Å²) in [6.45, 7) is 1.61. The van der Waals surface area contributed by atoms with E-state index in [0.717, 1.165) is 17.0 Å². The normalized spacial score (nSPS) is 10.9. The number of phenols is 1. The lowest BCUT2D eigenvalue weighted by Gasteiger charge is -2.22. The second-order valence-corrected chi connectivity index (χ2v) is 7.90. The molecule has 3 N–H and O–H groups in total. The van der Waals surface area contributed by atoms with Crippen LogP contribution in [0.3, 0.4) is 0 Å². The molecule has 3 aromatic carbocycles. The molecule has 4 rings (SSSR count). The van der Waals surface area contributed by atoms with Gasteiger partial charge in [0.25, 0.3) is 5.91 Å². The van der Waals surface area contributed by atoms with E-state index in [4.69, 9.17) is 10.5 Å². The summed E-state index contributed by atoms with van der Waals surface area (Å²) in [6.07, 6.45) is 1.24. The van der Waals surface area contributed by atoms with Gasteiger partial charge in [-0.1, -0.05) is 0 Å². The van der Waals surface area contributed by atoms with Crippen LogP contribution in [0.1, 0.15) is 27.6 Å². The molecule has 0 aliphatic carbocycles. The molecule has 1 aromatic heterocycles. The van der Waals surface area contributed by atoms with Gasteiger partial charge in [-0.25, -0.2) is 8.78 Å². The zero-order valence-electron chi connectivity index (χ0n) is 19.3. The number of hydrogen-bond donors (Lipinski definition) is 2. The smallest absolute Gasteiger partial charge is 0.263 e. The largest absolute Gasteiger partial charge is 0.508 e. The Labute approximate surface area is 203 Å². The number of ether oxygens (including phenoxy) is 1. The first-order chi connectivity index (χ1) is 17.1. The lowest BCUT2D eigenvalue weighted by Crippen LogP contribution is -2.35. The molecule has 0 spiro atoms. The Kier molecular flexibility index (Phi) is 6.43. The average Bonchev–Trinajstić information content (AvgIpc) is 2.83. The van der Waals surface area contributed by atoms with E-state index >= 15 is 0 Å². The van der Waals surface area contributed by atoms with Gasteiger partial charge in [-0.15, -0.1) is 0 Å². The number of carbonyl (C=O) groups excluding carboxylic acids is 2. The molecule has 0 bridgehead atoms. The molecule has 0 radical (unpaired) electrons. The number of pyridine rings is 1. The molecule has 4 aromatic rings. The van der Waals surface area contributed by atoms with Crippen molar-refractivity contribution in [2.24, 2.45) is 5.73 Å². The molecule has 0 atom stereocenters. The Balaban J connectivity index is 2.00. The van der Waals surface area contributed by atoms with Crippen molar-refractivity contribution in [3.63, 3.8) is 0 Å². The van der Waals surface area contributed by atoms with E-state index < -0.39 is 28.9 Å². The van der Waals surface area contributed by atoms with Crippen LogP contribution in [0.15, 0.2) is 65.6 Å². The van der Waals surface area contributed by atoms with Gasteiger partial charge in [-0.3, -0.25) is 14.4 Å². The number of methoxy groups -OCH3 is 1. The highest BCUT2D eigenvalue weighted by Gasteiger charge is 2.23. The van der Waals surface area contributed by atoms with Gasteiger partial charge in [-0.2, -0.15) is 0 Å². The molecule has 0 saturated carbocycles. The number of anilines is 1. The van der Waals surface area contributed by atoms with Crippen molar-refractivity contribution in [1.29, 1.82) is 0 Å². The minimum Gasteiger partial charge on any atom is -0.508 e. The van der Waals surface area contributed by atoms with Gasteiger partial charge >= 0.3 is 0 Å². The fourth-order valence-corrected chi connectivity index (χ4v) is 3.95. The van der Waals surface area contributed by atoms with Gasteiger partial charge in [0.05, 0.1) is 18.3 Å². The van der Waals surface area contributed by atoms with E-state index in [0.29, 0.717) is 11.8 Å². The van der Waals surface area contributed by atoms with Crippen LogP contribution in [-0.4, -0.2) is 35.1 Å². The molecule has 2 amide bonds. The van der Waals surface area contributed by atoms with Gasteiger partial charge in [-0.05, 0) is 43.3 Å². The van der Waals surface area contributed by atoms with Crippen molar-refractivity contribution in [3.05, 3.63) is 93.8 Å². The van der Waals surface area contributed by atoms with Crippen molar-refractivity contribution in [2.45, 2.75) is 6.92 Å². The summed E-state index contributed by atoms with van der Waals surface area (Å²) in [5.74, 6) is -3.14. The van der Waals surface area contributed by atoms with Crippen molar-refractivity contribution >= 4 is 28.4 Å². The van der Waals surface area contributed by atoms with Crippen LogP contribution >= 0.6 is 0 Å². The molecular formula is C26H21F2N3O5. The maximum absolute atomic E-state index is 13.9. The SMILES string of the molecule is CCN(C(=O)c1cn(-c2cc(OC)cc(C(N)=O)c2)c2cc(O)ccc2c1=O)c1cc(F)cc(F)c1. The average molecular weight is 493 g/mol. The Morgan fingerprint density at radius 1 is 1.06 bits per heavy atom. The van der Waals surface area contributed by atoms with Crippen LogP contribution in [0.2, 0.25) is 0 Å². The lowest BCUT2D eigenvalue weighted by molar-refractivity contribution is 0.0982. The molecule has 0 aliphatic rings. The Bertz CT molecular complexity index is 1560. The molecule has 10 heteroatoms. The van der Waals surface area contributed by atoms with Crippen LogP contribution in [0.25, 0.3) is 16.6 Å². The number of fused-ring (bicyclic) bond motifs is 1. The van der Waals surface area contributed by atoms with Gasteiger partial charge in [0.15, 0.2) is 0 Å². The molecule has 0 saturated heterocycles. The predicted molar refractivity (Wildman–Crippen MR) is 130 cm³/mol. The summed E-state index contributed by atoms with van der Waals surface area (Å²) in [5, 5.41) is 10.2. The van der Waals surface area contributed by atoms with Crippen LogP contribution in [0.4, 0.5) is 14.5 Å². The van der Waals surface area contributed by atoms with E-state index in [1.165, 1.54) is 48.2 Å². The topological polar surface area (TPSA) is 115 Å².